The van der Waals surface area contributed by atoms with Gasteiger partial charge in [0.1, 0.15) is 0 Å². The SMILES string of the molecule is COC(=O)CCCCC(N)c1cc(OC)c(OC)cc1Br. The molecule has 0 saturated heterocycles. The van der Waals surface area contributed by atoms with Gasteiger partial charge in [0.15, 0.2) is 11.5 Å². The Bertz CT molecular complexity index is 479. The van der Waals surface area contributed by atoms with Crippen LogP contribution in [0.1, 0.15) is 37.3 Å². The van der Waals surface area contributed by atoms with Crippen LogP contribution in [0.3, 0.4) is 0 Å². The summed E-state index contributed by atoms with van der Waals surface area (Å²) in [5.41, 5.74) is 7.18. The molecular weight excluding hydrogens is 338 g/mol. The molecule has 0 spiro atoms. The van der Waals surface area contributed by atoms with Crippen molar-refractivity contribution in [3.63, 3.8) is 0 Å². The Morgan fingerprint density at radius 2 is 1.81 bits per heavy atom. The fraction of sp³-hybridized carbons (Fsp3) is 0.533. The number of ether oxygens (including phenoxy) is 3. The number of nitrogens with two attached hydrogens (primary N) is 1. The third-order valence-corrected chi connectivity index (χ3v) is 3.96. The molecule has 1 atom stereocenters. The van der Waals surface area contributed by atoms with E-state index in [1.807, 2.05) is 12.1 Å². The van der Waals surface area contributed by atoms with E-state index in [9.17, 15) is 4.79 Å². The Morgan fingerprint density at radius 3 is 2.38 bits per heavy atom. The maximum atomic E-state index is 11.0. The lowest BCUT2D eigenvalue weighted by atomic mass is 10.0. The molecule has 0 aliphatic rings. The van der Waals surface area contributed by atoms with Gasteiger partial charge in [-0.2, -0.15) is 0 Å². The highest BCUT2D eigenvalue weighted by molar-refractivity contribution is 9.10. The lowest BCUT2D eigenvalue weighted by molar-refractivity contribution is -0.140. The summed E-state index contributed by atoms with van der Waals surface area (Å²) in [5, 5.41) is 0. The van der Waals surface area contributed by atoms with E-state index < -0.39 is 0 Å². The Balaban J connectivity index is 2.65. The van der Waals surface area contributed by atoms with Gasteiger partial charge in [-0.15, -0.1) is 0 Å². The Kier molecular flexibility index (Phi) is 7.53. The zero-order valence-electron chi connectivity index (χ0n) is 12.6. The normalized spacial score (nSPS) is 11.9. The number of hydrogen-bond donors (Lipinski definition) is 1. The van der Waals surface area contributed by atoms with Crippen molar-refractivity contribution in [2.45, 2.75) is 31.7 Å². The van der Waals surface area contributed by atoms with Gasteiger partial charge in [-0.1, -0.05) is 22.4 Å². The van der Waals surface area contributed by atoms with Crippen LogP contribution in [0, 0.1) is 0 Å². The molecule has 0 radical (unpaired) electrons. The largest absolute Gasteiger partial charge is 0.493 e. The molecule has 21 heavy (non-hydrogen) atoms. The second-order valence-corrected chi connectivity index (χ2v) is 5.51. The predicted octanol–water partition coefficient (Wildman–Crippen LogP) is 3.20. The van der Waals surface area contributed by atoms with Gasteiger partial charge < -0.3 is 19.9 Å². The van der Waals surface area contributed by atoms with E-state index in [4.69, 9.17) is 15.2 Å². The molecule has 1 unspecified atom stereocenters. The number of carbonyl (C=O) groups excluding carboxylic acids is 1. The first-order chi connectivity index (χ1) is 10.0. The molecule has 0 fully saturated rings. The highest BCUT2D eigenvalue weighted by Gasteiger charge is 2.15. The Labute approximate surface area is 133 Å². The quantitative estimate of drug-likeness (QED) is 0.569. The molecule has 0 heterocycles. The van der Waals surface area contributed by atoms with Gasteiger partial charge >= 0.3 is 5.97 Å². The molecule has 0 aliphatic carbocycles. The predicted molar refractivity (Wildman–Crippen MR) is 84.7 cm³/mol. The molecule has 1 rings (SSSR count). The van der Waals surface area contributed by atoms with Crippen molar-refractivity contribution < 1.29 is 19.0 Å². The molecule has 0 saturated carbocycles. The molecule has 0 amide bonds. The maximum Gasteiger partial charge on any atom is 0.305 e. The molecule has 0 aromatic heterocycles. The minimum atomic E-state index is -0.184. The second kappa shape index (κ2) is 8.89. The van der Waals surface area contributed by atoms with Crippen LogP contribution in [0.2, 0.25) is 0 Å². The fourth-order valence-corrected chi connectivity index (χ4v) is 2.66. The molecular formula is C15H22BrNO4. The number of esters is 1. The van der Waals surface area contributed by atoms with Gasteiger partial charge in [0.25, 0.3) is 0 Å². The first kappa shape index (κ1) is 17.8. The molecule has 2 N–H and O–H groups in total. The summed E-state index contributed by atoms with van der Waals surface area (Å²) in [7, 11) is 4.59. The summed E-state index contributed by atoms with van der Waals surface area (Å²) in [4.78, 5) is 11.0. The van der Waals surface area contributed by atoms with E-state index in [-0.39, 0.29) is 12.0 Å². The zero-order chi connectivity index (χ0) is 15.8. The summed E-state index contributed by atoms with van der Waals surface area (Å²) in [6.07, 6.45) is 2.84. The minimum Gasteiger partial charge on any atom is -0.493 e. The monoisotopic (exact) mass is 359 g/mol. The topological polar surface area (TPSA) is 70.8 Å². The lowest BCUT2D eigenvalue weighted by Crippen LogP contribution is -2.11. The standard InChI is InChI=1S/C15H22BrNO4/c1-19-13-8-10(11(16)9-14(13)20-2)12(17)6-4-5-7-15(18)21-3/h8-9,12H,4-7,17H2,1-3H3. The highest BCUT2D eigenvalue weighted by atomic mass is 79.9. The van der Waals surface area contributed by atoms with Gasteiger partial charge in [-0.3, -0.25) is 4.79 Å². The van der Waals surface area contributed by atoms with Crippen LogP contribution >= 0.6 is 15.9 Å². The molecule has 0 aliphatic heterocycles. The number of benzene rings is 1. The number of methoxy groups -OCH3 is 3. The maximum absolute atomic E-state index is 11.0. The van der Waals surface area contributed by atoms with Crippen LogP contribution in [-0.2, 0) is 9.53 Å². The summed E-state index contributed by atoms with van der Waals surface area (Å²) in [5.74, 6) is 1.13. The van der Waals surface area contributed by atoms with E-state index in [1.54, 1.807) is 14.2 Å². The van der Waals surface area contributed by atoms with Crippen LogP contribution in [-0.4, -0.2) is 27.3 Å². The van der Waals surface area contributed by atoms with Crippen molar-refractivity contribution in [2.75, 3.05) is 21.3 Å². The van der Waals surface area contributed by atoms with Gasteiger partial charge in [0.2, 0.25) is 0 Å². The van der Waals surface area contributed by atoms with Crippen molar-refractivity contribution in [1.29, 1.82) is 0 Å². The molecule has 1 aromatic rings. The van der Waals surface area contributed by atoms with Crippen molar-refractivity contribution in [3.05, 3.63) is 22.2 Å². The highest BCUT2D eigenvalue weighted by Crippen LogP contribution is 2.36. The zero-order valence-corrected chi connectivity index (χ0v) is 14.2. The second-order valence-electron chi connectivity index (χ2n) is 4.66. The Hall–Kier alpha value is -1.27. The average molecular weight is 360 g/mol. The van der Waals surface area contributed by atoms with E-state index in [2.05, 4.69) is 20.7 Å². The molecule has 6 heteroatoms. The number of hydrogen-bond acceptors (Lipinski definition) is 5. The first-order valence-corrected chi connectivity index (χ1v) is 7.56. The third kappa shape index (κ3) is 5.21. The number of unbranched alkanes of at least 4 members (excludes halogenated alkanes) is 1. The lowest BCUT2D eigenvalue weighted by Gasteiger charge is -2.17. The molecule has 0 bridgehead atoms. The molecule has 1 aromatic carbocycles. The Morgan fingerprint density at radius 1 is 1.19 bits per heavy atom. The van der Waals surface area contributed by atoms with E-state index in [0.717, 1.165) is 29.3 Å². The fourth-order valence-electron chi connectivity index (χ4n) is 2.05. The average Bonchev–Trinajstić information content (AvgIpc) is 2.50. The summed E-state index contributed by atoms with van der Waals surface area (Å²) in [6, 6.07) is 3.60. The van der Waals surface area contributed by atoms with Crippen LogP contribution < -0.4 is 15.2 Å². The first-order valence-electron chi connectivity index (χ1n) is 6.77. The van der Waals surface area contributed by atoms with Crippen molar-refractivity contribution in [2.24, 2.45) is 5.73 Å². The number of halogens is 1. The minimum absolute atomic E-state index is 0.128. The summed E-state index contributed by atoms with van der Waals surface area (Å²) >= 11 is 3.51. The summed E-state index contributed by atoms with van der Waals surface area (Å²) in [6.45, 7) is 0. The number of carbonyl (C=O) groups is 1. The summed E-state index contributed by atoms with van der Waals surface area (Å²) < 4.78 is 16.0. The van der Waals surface area contributed by atoms with Gasteiger partial charge in [-0.05, 0) is 30.5 Å². The van der Waals surface area contributed by atoms with Crippen molar-refractivity contribution >= 4 is 21.9 Å². The van der Waals surface area contributed by atoms with Crippen LogP contribution in [0.15, 0.2) is 16.6 Å². The van der Waals surface area contributed by atoms with Crippen molar-refractivity contribution in [3.8, 4) is 11.5 Å². The van der Waals surface area contributed by atoms with E-state index in [1.165, 1.54) is 7.11 Å². The third-order valence-electron chi connectivity index (χ3n) is 3.28. The van der Waals surface area contributed by atoms with E-state index >= 15 is 0 Å². The van der Waals surface area contributed by atoms with Gasteiger partial charge in [0.05, 0.1) is 21.3 Å². The number of rotatable bonds is 8. The van der Waals surface area contributed by atoms with E-state index in [0.29, 0.717) is 17.9 Å². The molecule has 118 valence electrons. The van der Waals surface area contributed by atoms with Gasteiger partial charge in [0, 0.05) is 16.9 Å². The molecule has 5 nitrogen and oxygen atoms in total. The van der Waals surface area contributed by atoms with Crippen LogP contribution in [0.25, 0.3) is 0 Å². The van der Waals surface area contributed by atoms with Gasteiger partial charge in [-0.25, -0.2) is 0 Å². The van der Waals surface area contributed by atoms with Crippen molar-refractivity contribution in [1.82, 2.24) is 0 Å². The van der Waals surface area contributed by atoms with Crippen LogP contribution in [0.5, 0.6) is 11.5 Å². The smallest absolute Gasteiger partial charge is 0.305 e. The van der Waals surface area contributed by atoms with Crippen LogP contribution in [0.4, 0.5) is 0 Å².